The van der Waals surface area contributed by atoms with E-state index in [4.69, 9.17) is 0 Å². The summed E-state index contributed by atoms with van der Waals surface area (Å²) >= 11 is 0. The van der Waals surface area contributed by atoms with Crippen LogP contribution in [0.15, 0.2) is 24.3 Å². The topological polar surface area (TPSA) is 44.4 Å². The van der Waals surface area contributed by atoms with Crippen molar-refractivity contribution in [2.75, 3.05) is 25.0 Å². The first-order valence-electron chi connectivity index (χ1n) is 9.76. The number of carbonyl (C=O) groups excluding carboxylic acids is 1. The number of anilines is 1. The Labute approximate surface area is 152 Å². The van der Waals surface area contributed by atoms with E-state index in [9.17, 15) is 4.79 Å². The lowest BCUT2D eigenvalue weighted by molar-refractivity contribution is 0.00159. The van der Waals surface area contributed by atoms with Crippen molar-refractivity contribution in [2.45, 2.75) is 58.4 Å². The van der Waals surface area contributed by atoms with Gasteiger partial charge < -0.3 is 10.6 Å². The van der Waals surface area contributed by atoms with Crippen LogP contribution in [0.5, 0.6) is 0 Å². The van der Waals surface area contributed by atoms with Gasteiger partial charge in [0.25, 0.3) is 0 Å². The highest BCUT2D eigenvalue weighted by Crippen LogP contribution is 2.37. The van der Waals surface area contributed by atoms with Crippen LogP contribution in [0.25, 0.3) is 0 Å². The number of hydrogen-bond donors (Lipinski definition) is 2. The summed E-state index contributed by atoms with van der Waals surface area (Å²) in [5.41, 5.74) is 2.25. The van der Waals surface area contributed by atoms with Crippen LogP contribution in [-0.2, 0) is 5.41 Å². The third kappa shape index (κ3) is 4.35. The Morgan fingerprint density at radius 3 is 2.52 bits per heavy atom. The van der Waals surface area contributed by atoms with Gasteiger partial charge in [-0.05, 0) is 54.3 Å². The van der Waals surface area contributed by atoms with Gasteiger partial charge >= 0.3 is 6.03 Å². The van der Waals surface area contributed by atoms with Gasteiger partial charge in [0.15, 0.2) is 0 Å². The fourth-order valence-corrected chi connectivity index (χ4v) is 4.36. The average Bonchev–Trinajstić information content (AvgIpc) is 2.60. The molecule has 3 heterocycles. The quantitative estimate of drug-likeness (QED) is 0.859. The van der Waals surface area contributed by atoms with Crippen LogP contribution in [0.4, 0.5) is 10.5 Å². The van der Waals surface area contributed by atoms with Crippen molar-refractivity contribution in [3.05, 3.63) is 29.8 Å². The molecule has 0 spiro atoms. The molecule has 4 atom stereocenters. The lowest BCUT2D eigenvalue weighted by Gasteiger charge is -2.49. The maximum absolute atomic E-state index is 12.2. The standard InChI is InChI=1S/C21H33N3O/c1-5-15-14-24-11-10-16(15)12-19(24)13-22-20(25)23-18-8-6-17(7-9-18)21(2,3)4/h6-9,15-16,19H,5,10-14H2,1-4H3,(H2,22,23,25). The van der Waals surface area contributed by atoms with Gasteiger partial charge in [-0.1, -0.05) is 46.2 Å². The van der Waals surface area contributed by atoms with Crippen molar-refractivity contribution in [1.29, 1.82) is 0 Å². The zero-order valence-corrected chi connectivity index (χ0v) is 16.1. The number of amides is 2. The van der Waals surface area contributed by atoms with E-state index in [2.05, 4.69) is 55.4 Å². The number of piperidine rings is 3. The average molecular weight is 344 g/mol. The van der Waals surface area contributed by atoms with Crippen LogP contribution in [0.1, 0.15) is 52.5 Å². The van der Waals surface area contributed by atoms with E-state index in [1.807, 2.05) is 12.1 Å². The molecule has 138 valence electrons. The third-order valence-electron chi connectivity index (χ3n) is 6.05. The molecule has 2 amide bonds. The minimum atomic E-state index is -0.0989. The Balaban J connectivity index is 1.47. The van der Waals surface area contributed by atoms with Crippen molar-refractivity contribution in [3.8, 4) is 0 Å². The maximum Gasteiger partial charge on any atom is 0.319 e. The highest BCUT2D eigenvalue weighted by atomic mass is 16.2. The Morgan fingerprint density at radius 2 is 1.96 bits per heavy atom. The summed E-state index contributed by atoms with van der Waals surface area (Å²) in [7, 11) is 0. The summed E-state index contributed by atoms with van der Waals surface area (Å²) < 4.78 is 0. The second kappa shape index (κ2) is 7.36. The number of carbonyl (C=O) groups is 1. The minimum Gasteiger partial charge on any atom is -0.336 e. The van der Waals surface area contributed by atoms with Gasteiger partial charge in [-0.15, -0.1) is 0 Å². The molecule has 0 aliphatic carbocycles. The number of urea groups is 1. The molecule has 3 aliphatic heterocycles. The van der Waals surface area contributed by atoms with E-state index in [1.54, 1.807) is 0 Å². The van der Waals surface area contributed by atoms with Crippen LogP contribution in [0.2, 0.25) is 0 Å². The van der Waals surface area contributed by atoms with Crippen LogP contribution in [-0.4, -0.2) is 36.6 Å². The van der Waals surface area contributed by atoms with Gasteiger partial charge in [0, 0.05) is 24.8 Å². The second-order valence-electron chi connectivity index (χ2n) is 8.76. The fourth-order valence-electron chi connectivity index (χ4n) is 4.36. The molecule has 0 saturated carbocycles. The van der Waals surface area contributed by atoms with Gasteiger partial charge in [-0.3, -0.25) is 4.90 Å². The molecule has 25 heavy (non-hydrogen) atoms. The second-order valence-corrected chi connectivity index (χ2v) is 8.76. The van der Waals surface area contributed by atoms with E-state index >= 15 is 0 Å². The predicted molar refractivity (Wildman–Crippen MR) is 104 cm³/mol. The van der Waals surface area contributed by atoms with E-state index in [0.29, 0.717) is 6.04 Å². The molecular formula is C21H33N3O. The first kappa shape index (κ1) is 18.2. The molecule has 4 nitrogen and oxygen atoms in total. The highest BCUT2D eigenvalue weighted by molar-refractivity contribution is 5.89. The fraction of sp³-hybridized carbons (Fsp3) is 0.667. The maximum atomic E-state index is 12.2. The lowest BCUT2D eigenvalue weighted by atomic mass is 9.74. The molecule has 1 aromatic rings. The van der Waals surface area contributed by atoms with E-state index < -0.39 is 0 Å². The summed E-state index contributed by atoms with van der Waals surface area (Å²) in [6.07, 6.45) is 3.85. The summed E-state index contributed by atoms with van der Waals surface area (Å²) in [6, 6.07) is 8.56. The Bertz CT molecular complexity index is 590. The molecule has 2 bridgehead atoms. The number of nitrogens with zero attached hydrogens (tertiary/aromatic N) is 1. The summed E-state index contributed by atoms with van der Waals surface area (Å²) in [6.45, 7) is 12.0. The van der Waals surface area contributed by atoms with Gasteiger partial charge in [-0.2, -0.15) is 0 Å². The minimum absolute atomic E-state index is 0.0989. The van der Waals surface area contributed by atoms with Crippen molar-refractivity contribution >= 4 is 11.7 Å². The number of hydrogen-bond acceptors (Lipinski definition) is 2. The molecule has 4 rings (SSSR count). The van der Waals surface area contributed by atoms with Crippen LogP contribution in [0.3, 0.4) is 0 Å². The van der Waals surface area contributed by atoms with Crippen molar-refractivity contribution in [3.63, 3.8) is 0 Å². The number of benzene rings is 1. The molecule has 2 N–H and O–H groups in total. The van der Waals surface area contributed by atoms with E-state index in [1.165, 1.54) is 37.9 Å². The smallest absolute Gasteiger partial charge is 0.319 e. The summed E-state index contributed by atoms with van der Waals surface area (Å²) in [4.78, 5) is 14.8. The Kier molecular flexibility index (Phi) is 5.38. The monoisotopic (exact) mass is 343 g/mol. The molecule has 4 unspecified atom stereocenters. The summed E-state index contributed by atoms with van der Waals surface area (Å²) in [5, 5.41) is 6.03. The van der Waals surface area contributed by atoms with Crippen LogP contribution >= 0.6 is 0 Å². The number of fused-ring (bicyclic) bond motifs is 3. The van der Waals surface area contributed by atoms with Crippen LogP contribution < -0.4 is 10.6 Å². The first-order chi connectivity index (χ1) is 11.9. The lowest BCUT2D eigenvalue weighted by Crippen LogP contribution is -2.56. The normalized spacial score (nSPS) is 28.6. The molecular weight excluding hydrogens is 310 g/mol. The van der Waals surface area contributed by atoms with E-state index in [-0.39, 0.29) is 11.4 Å². The van der Waals surface area contributed by atoms with Crippen molar-refractivity contribution in [2.24, 2.45) is 11.8 Å². The molecule has 3 fully saturated rings. The van der Waals surface area contributed by atoms with Gasteiger partial charge in [0.05, 0.1) is 0 Å². The summed E-state index contributed by atoms with van der Waals surface area (Å²) in [5.74, 6) is 1.72. The molecule has 1 aromatic carbocycles. The molecule has 3 saturated heterocycles. The predicted octanol–water partition coefficient (Wildman–Crippen LogP) is 4.23. The zero-order valence-electron chi connectivity index (χ0n) is 16.1. The number of rotatable bonds is 4. The highest BCUT2D eigenvalue weighted by Gasteiger charge is 2.38. The van der Waals surface area contributed by atoms with E-state index in [0.717, 1.165) is 24.1 Å². The molecule has 3 aliphatic rings. The first-order valence-corrected chi connectivity index (χ1v) is 9.76. The van der Waals surface area contributed by atoms with Gasteiger partial charge in [0.1, 0.15) is 0 Å². The largest absolute Gasteiger partial charge is 0.336 e. The Morgan fingerprint density at radius 1 is 1.24 bits per heavy atom. The SMILES string of the molecule is CCC1CN2CCC1CC2CNC(=O)Nc1ccc(C(C)(C)C)cc1. The van der Waals surface area contributed by atoms with Crippen molar-refractivity contribution < 1.29 is 4.79 Å². The molecule has 0 aromatic heterocycles. The van der Waals surface area contributed by atoms with Gasteiger partial charge in [-0.25, -0.2) is 4.79 Å². The Hall–Kier alpha value is -1.55. The molecule has 4 heteroatoms. The third-order valence-corrected chi connectivity index (χ3v) is 6.05. The van der Waals surface area contributed by atoms with Gasteiger partial charge in [0.2, 0.25) is 0 Å². The molecule has 0 radical (unpaired) electrons. The number of nitrogens with one attached hydrogen (secondary N) is 2. The zero-order chi connectivity index (χ0) is 18.0. The van der Waals surface area contributed by atoms with Crippen molar-refractivity contribution in [1.82, 2.24) is 10.2 Å². The van der Waals surface area contributed by atoms with Crippen LogP contribution in [0, 0.1) is 11.8 Å².